The molecule has 1 aromatic carbocycles. The third-order valence-corrected chi connectivity index (χ3v) is 4.78. The molecule has 2 atom stereocenters. The summed E-state index contributed by atoms with van der Waals surface area (Å²) in [5.41, 5.74) is 1.34. The van der Waals surface area contributed by atoms with Gasteiger partial charge >= 0.3 is 0 Å². The molecule has 4 rings (SSSR count). The molecule has 0 spiro atoms. The van der Waals surface area contributed by atoms with Crippen LogP contribution in [0.25, 0.3) is 0 Å². The van der Waals surface area contributed by atoms with Gasteiger partial charge in [-0.2, -0.15) is 0 Å². The second kappa shape index (κ2) is 6.75. The lowest BCUT2D eigenvalue weighted by Crippen LogP contribution is -2.50. The standard InChI is InChI=1S/C18H22N4O2/c1-23-18-17(19-7-8-20-18)22-12-15-16(13-22)24-10-9-21(15)11-14-5-3-2-4-6-14/h2-8,15-16H,9-13H2,1H3/t15-,16+/m1/s1. The monoisotopic (exact) mass is 326 g/mol. The summed E-state index contributed by atoms with van der Waals surface area (Å²) in [6.07, 6.45) is 3.57. The van der Waals surface area contributed by atoms with Crippen LogP contribution in [0.3, 0.4) is 0 Å². The maximum Gasteiger partial charge on any atom is 0.257 e. The Morgan fingerprint density at radius 2 is 2.00 bits per heavy atom. The lowest BCUT2D eigenvalue weighted by Gasteiger charge is -2.36. The fourth-order valence-electron chi connectivity index (χ4n) is 3.62. The normalized spacial score (nSPS) is 24.0. The molecule has 2 aliphatic heterocycles. The molecule has 3 heterocycles. The summed E-state index contributed by atoms with van der Waals surface area (Å²) in [5, 5.41) is 0. The van der Waals surface area contributed by atoms with Gasteiger partial charge in [0, 0.05) is 38.6 Å². The largest absolute Gasteiger partial charge is 0.478 e. The van der Waals surface area contributed by atoms with Crippen LogP contribution in [0.4, 0.5) is 5.82 Å². The average molecular weight is 326 g/mol. The molecule has 2 fully saturated rings. The quantitative estimate of drug-likeness (QED) is 0.850. The van der Waals surface area contributed by atoms with Gasteiger partial charge in [-0.15, -0.1) is 0 Å². The molecule has 6 nitrogen and oxygen atoms in total. The highest BCUT2D eigenvalue weighted by Crippen LogP contribution is 2.31. The lowest BCUT2D eigenvalue weighted by atomic mass is 10.1. The molecule has 0 bridgehead atoms. The Kier molecular flexibility index (Phi) is 4.32. The highest BCUT2D eigenvalue weighted by atomic mass is 16.5. The number of hydrogen-bond acceptors (Lipinski definition) is 6. The molecule has 0 aliphatic carbocycles. The first-order chi connectivity index (χ1) is 11.8. The van der Waals surface area contributed by atoms with Gasteiger partial charge in [-0.05, 0) is 5.56 Å². The summed E-state index contributed by atoms with van der Waals surface area (Å²) in [5.74, 6) is 1.38. The molecule has 2 saturated heterocycles. The first-order valence-corrected chi connectivity index (χ1v) is 8.34. The molecule has 0 unspecified atom stereocenters. The van der Waals surface area contributed by atoms with Crippen molar-refractivity contribution in [3.8, 4) is 5.88 Å². The van der Waals surface area contributed by atoms with Crippen LogP contribution in [0.2, 0.25) is 0 Å². The highest BCUT2D eigenvalue weighted by molar-refractivity contribution is 5.49. The van der Waals surface area contributed by atoms with Crippen molar-refractivity contribution < 1.29 is 9.47 Å². The van der Waals surface area contributed by atoms with Crippen LogP contribution in [0.5, 0.6) is 5.88 Å². The molecule has 6 heteroatoms. The molecular formula is C18H22N4O2. The Morgan fingerprint density at radius 3 is 2.83 bits per heavy atom. The Bertz CT molecular complexity index is 682. The van der Waals surface area contributed by atoms with Gasteiger partial charge < -0.3 is 14.4 Å². The van der Waals surface area contributed by atoms with Crippen molar-refractivity contribution in [3.63, 3.8) is 0 Å². The zero-order valence-electron chi connectivity index (χ0n) is 13.8. The third kappa shape index (κ3) is 2.95. The number of nitrogens with zero attached hydrogens (tertiary/aromatic N) is 4. The predicted octanol–water partition coefficient (Wildman–Crippen LogP) is 1.57. The highest BCUT2D eigenvalue weighted by Gasteiger charge is 2.41. The van der Waals surface area contributed by atoms with Crippen molar-refractivity contribution in [2.24, 2.45) is 0 Å². The molecule has 24 heavy (non-hydrogen) atoms. The van der Waals surface area contributed by atoms with Gasteiger partial charge in [0.1, 0.15) is 0 Å². The maximum atomic E-state index is 6.02. The van der Waals surface area contributed by atoms with Crippen molar-refractivity contribution in [2.75, 3.05) is 38.3 Å². The lowest BCUT2D eigenvalue weighted by molar-refractivity contribution is -0.0499. The number of hydrogen-bond donors (Lipinski definition) is 0. The van der Waals surface area contributed by atoms with Crippen LogP contribution in [0.1, 0.15) is 5.56 Å². The van der Waals surface area contributed by atoms with Gasteiger partial charge in [0.05, 0.1) is 25.9 Å². The zero-order chi connectivity index (χ0) is 16.4. The van der Waals surface area contributed by atoms with E-state index in [1.165, 1.54) is 5.56 Å². The van der Waals surface area contributed by atoms with Gasteiger partial charge in [-0.1, -0.05) is 30.3 Å². The minimum absolute atomic E-state index is 0.203. The van der Waals surface area contributed by atoms with E-state index in [0.29, 0.717) is 11.9 Å². The number of benzene rings is 1. The van der Waals surface area contributed by atoms with Crippen LogP contribution in [-0.2, 0) is 11.3 Å². The zero-order valence-corrected chi connectivity index (χ0v) is 13.8. The Morgan fingerprint density at radius 1 is 1.17 bits per heavy atom. The fourth-order valence-corrected chi connectivity index (χ4v) is 3.62. The SMILES string of the molecule is COc1nccnc1N1C[C@@H]2OCCN(Cc3ccccc3)[C@@H]2C1. The minimum atomic E-state index is 0.203. The number of anilines is 1. The summed E-state index contributed by atoms with van der Waals surface area (Å²) < 4.78 is 11.4. The van der Waals surface area contributed by atoms with Gasteiger partial charge in [0.15, 0.2) is 5.82 Å². The van der Waals surface area contributed by atoms with E-state index in [0.717, 1.165) is 38.6 Å². The molecule has 0 N–H and O–H groups in total. The van der Waals surface area contributed by atoms with Crippen LogP contribution < -0.4 is 9.64 Å². The van der Waals surface area contributed by atoms with E-state index in [1.54, 1.807) is 19.5 Å². The van der Waals surface area contributed by atoms with Crippen molar-refractivity contribution in [1.29, 1.82) is 0 Å². The van der Waals surface area contributed by atoms with E-state index in [-0.39, 0.29) is 6.10 Å². The van der Waals surface area contributed by atoms with Crippen molar-refractivity contribution in [2.45, 2.75) is 18.7 Å². The van der Waals surface area contributed by atoms with E-state index in [4.69, 9.17) is 9.47 Å². The van der Waals surface area contributed by atoms with Gasteiger partial charge in [0.25, 0.3) is 5.88 Å². The Balaban J connectivity index is 1.52. The summed E-state index contributed by atoms with van der Waals surface area (Å²) in [6.45, 7) is 4.40. The Labute approximate surface area is 142 Å². The van der Waals surface area contributed by atoms with E-state index in [2.05, 4.69) is 50.1 Å². The molecule has 1 aromatic heterocycles. The van der Waals surface area contributed by atoms with E-state index in [9.17, 15) is 0 Å². The van der Waals surface area contributed by atoms with Crippen LogP contribution in [0, 0.1) is 0 Å². The van der Waals surface area contributed by atoms with Crippen molar-refractivity contribution in [1.82, 2.24) is 14.9 Å². The number of rotatable bonds is 4. The van der Waals surface area contributed by atoms with Crippen molar-refractivity contribution in [3.05, 3.63) is 48.3 Å². The minimum Gasteiger partial charge on any atom is -0.478 e. The first kappa shape index (κ1) is 15.4. The van der Waals surface area contributed by atoms with Gasteiger partial charge in [-0.3, -0.25) is 4.90 Å². The number of morpholine rings is 1. The summed E-state index contributed by atoms with van der Waals surface area (Å²) in [7, 11) is 1.63. The molecule has 0 amide bonds. The molecule has 0 saturated carbocycles. The van der Waals surface area contributed by atoms with Crippen LogP contribution >= 0.6 is 0 Å². The smallest absolute Gasteiger partial charge is 0.257 e. The molecule has 2 aliphatic rings. The average Bonchev–Trinajstić information content (AvgIpc) is 3.08. The predicted molar refractivity (Wildman–Crippen MR) is 91.2 cm³/mol. The van der Waals surface area contributed by atoms with E-state index in [1.807, 2.05) is 0 Å². The number of ether oxygens (including phenoxy) is 2. The van der Waals surface area contributed by atoms with Crippen LogP contribution in [0.15, 0.2) is 42.7 Å². The van der Waals surface area contributed by atoms with E-state index >= 15 is 0 Å². The number of fused-ring (bicyclic) bond motifs is 1. The van der Waals surface area contributed by atoms with Crippen molar-refractivity contribution >= 4 is 5.82 Å². The summed E-state index contributed by atoms with van der Waals surface area (Å²) in [6, 6.07) is 11.0. The van der Waals surface area contributed by atoms with Gasteiger partial charge in [0.2, 0.25) is 0 Å². The third-order valence-electron chi connectivity index (χ3n) is 4.78. The molecule has 126 valence electrons. The second-order valence-electron chi connectivity index (χ2n) is 6.23. The number of aromatic nitrogens is 2. The first-order valence-electron chi connectivity index (χ1n) is 8.34. The second-order valence-corrected chi connectivity index (χ2v) is 6.23. The summed E-state index contributed by atoms with van der Waals surface area (Å²) in [4.78, 5) is 13.5. The topological polar surface area (TPSA) is 50.7 Å². The number of methoxy groups -OCH3 is 1. The maximum absolute atomic E-state index is 6.02. The van der Waals surface area contributed by atoms with Gasteiger partial charge in [-0.25, -0.2) is 9.97 Å². The molecule has 0 radical (unpaired) electrons. The summed E-state index contributed by atoms with van der Waals surface area (Å²) >= 11 is 0. The van der Waals surface area contributed by atoms with E-state index < -0.39 is 0 Å². The Hall–Kier alpha value is -2.18. The van der Waals surface area contributed by atoms with Crippen LogP contribution in [-0.4, -0.2) is 60.4 Å². The fraction of sp³-hybridized carbons (Fsp3) is 0.444. The molecule has 2 aromatic rings. The molecular weight excluding hydrogens is 304 g/mol.